The Kier molecular flexibility index (Phi) is 5.71. The van der Waals surface area contributed by atoms with E-state index >= 15 is 0 Å². The van der Waals surface area contributed by atoms with Gasteiger partial charge < -0.3 is 19.1 Å². The summed E-state index contributed by atoms with van der Waals surface area (Å²) in [6, 6.07) is 11.5. The Balaban J connectivity index is 1.90. The van der Waals surface area contributed by atoms with Crippen molar-refractivity contribution in [2.24, 2.45) is 5.10 Å². The summed E-state index contributed by atoms with van der Waals surface area (Å²) in [5, 5.41) is 7.18. The fourth-order valence-electron chi connectivity index (χ4n) is 4.30. The lowest BCUT2D eigenvalue weighted by Gasteiger charge is -2.46. The number of halogens is 1. The Hall–Kier alpha value is -2.93. The van der Waals surface area contributed by atoms with E-state index in [1.54, 1.807) is 0 Å². The van der Waals surface area contributed by atoms with Crippen molar-refractivity contribution in [3.63, 3.8) is 0 Å². The van der Waals surface area contributed by atoms with Gasteiger partial charge in [0.05, 0.1) is 26.0 Å². The number of rotatable bonds is 6. The highest BCUT2D eigenvalue weighted by atomic mass is 35.5. The maximum absolute atomic E-state index is 12.6. The van der Waals surface area contributed by atoms with Crippen LogP contribution in [0.2, 0.25) is 5.02 Å². The molecule has 1 atom stereocenters. The first kappa shape index (κ1) is 21.3. The topological polar surface area (TPSA) is 63.6 Å². The normalized spacial score (nSPS) is 19.5. The molecule has 0 saturated heterocycles. The van der Waals surface area contributed by atoms with Crippen molar-refractivity contribution in [3.8, 4) is 11.5 Å². The second-order valence-corrected chi connectivity index (χ2v) is 7.88. The molecule has 0 aromatic heterocycles. The fourth-order valence-corrected chi connectivity index (χ4v) is 4.43. The van der Waals surface area contributed by atoms with Gasteiger partial charge in [0.2, 0.25) is 5.84 Å². The number of hydrogen-bond donors (Lipinski definition) is 0. The Morgan fingerprint density at radius 3 is 2.39 bits per heavy atom. The number of anilines is 1. The number of ether oxygens (including phenoxy) is 3. The van der Waals surface area contributed by atoms with Crippen molar-refractivity contribution in [1.29, 1.82) is 0 Å². The van der Waals surface area contributed by atoms with Crippen LogP contribution in [0.15, 0.2) is 41.5 Å². The average Bonchev–Trinajstić information content (AvgIpc) is 3.08. The summed E-state index contributed by atoms with van der Waals surface area (Å²) in [7, 11) is 1.37. The van der Waals surface area contributed by atoms with Gasteiger partial charge in [-0.05, 0) is 69.2 Å². The minimum atomic E-state index is -0.748. The zero-order chi connectivity index (χ0) is 22.2. The summed E-state index contributed by atoms with van der Waals surface area (Å²) < 4.78 is 16.8. The fraction of sp³-hybridized carbons (Fsp3) is 0.391. The summed E-state index contributed by atoms with van der Waals surface area (Å²) in [5.74, 6) is 1.21. The van der Waals surface area contributed by atoms with Gasteiger partial charge in [-0.15, -0.1) is 5.10 Å². The molecule has 0 aliphatic carbocycles. The predicted molar refractivity (Wildman–Crippen MR) is 120 cm³/mol. The second-order valence-electron chi connectivity index (χ2n) is 7.45. The third-order valence-corrected chi connectivity index (χ3v) is 5.96. The first-order valence-electron chi connectivity index (χ1n) is 10.4. The van der Waals surface area contributed by atoms with Crippen LogP contribution in [0.5, 0.6) is 11.5 Å². The van der Waals surface area contributed by atoms with E-state index in [1.165, 1.54) is 7.11 Å². The summed E-state index contributed by atoms with van der Waals surface area (Å²) >= 11 is 6.11. The Morgan fingerprint density at radius 2 is 1.77 bits per heavy atom. The Bertz CT molecular complexity index is 1020. The molecular formula is C23H26ClN3O4. The molecule has 0 bridgehead atoms. The predicted octanol–water partition coefficient (Wildman–Crippen LogP) is 4.17. The lowest BCUT2D eigenvalue weighted by Crippen LogP contribution is -2.55. The summed E-state index contributed by atoms with van der Waals surface area (Å²) in [4.78, 5) is 14.6. The van der Waals surface area contributed by atoms with Crippen molar-refractivity contribution in [1.82, 2.24) is 4.90 Å². The molecule has 0 unspecified atom stereocenters. The van der Waals surface area contributed by atoms with Crippen LogP contribution in [0.4, 0.5) is 5.69 Å². The van der Waals surface area contributed by atoms with E-state index < -0.39 is 11.6 Å². The quantitative estimate of drug-likeness (QED) is 0.624. The lowest BCUT2D eigenvalue weighted by atomic mass is 9.87. The maximum Gasteiger partial charge on any atom is 0.375 e. The largest absolute Gasteiger partial charge is 0.490 e. The smallest absolute Gasteiger partial charge is 0.375 e. The molecule has 2 aliphatic heterocycles. The molecule has 2 aliphatic rings. The van der Waals surface area contributed by atoms with Gasteiger partial charge in [-0.25, -0.2) is 9.80 Å². The van der Waals surface area contributed by atoms with Gasteiger partial charge in [0.25, 0.3) is 0 Å². The van der Waals surface area contributed by atoms with Gasteiger partial charge in [0.15, 0.2) is 17.2 Å². The molecule has 4 rings (SSSR count). The minimum absolute atomic E-state index is 0.275. The van der Waals surface area contributed by atoms with Crippen molar-refractivity contribution in [2.45, 2.75) is 32.9 Å². The highest BCUT2D eigenvalue weighted by molar-refractivity contribution is 6.36. The molecule has 164 valence electrons. The molecule has 2 heterocycles. The number of benzene rings is 2. The summed E-state index contributed by atoms with van der Waals surface area (Å²) in [6.45, 7) is 7.63. The van der Waals surface area contributed by atoms with Crippen molar-refractivity contribution < 1.29 is 19.0 Å². The van der Waals surface area contributed by atoms with Crippen LogP contribution in [0.3, 0.4) is 0 Å². The van der Waals surface area contributed by atoms with Crippen molar-refractivity contribution in [3.05, 3.63) is 52.5 Å². The number of hydrazone groups is 1. The second kappa shape index (κ2) is 8.30. The molecule has 0 N–H and O–H groups in total. The number of carbonyl (C=O) groups excluding carboxylic acids is 1. The monoisotopic (exact) mass is 443 g/mol. The van der Waals surface area contributed by atoms with E-state index in [9.17, 15) is 4.79 Å². The number of methoxy groups -OCH3 is 1. The van der Waals surface area contributed by atoms with E-state index in [-0.39, 0.29) is 5.84 Å². The molecule has 0 fully saturated rings. The number of amidine groups is 1. The van der Waals surface area contributed by atoms with Gasteiger partial charge in [-0.1, -0.05) is 11.6 Å². The van der Waals surface area contributed by atoms with Crippen LogP contribution in [0.25, 0.3) is 0 Å². The van der Waals surface area contributed by atoms with E-state index in [1.807, 2.05) is 60.2 Å². The number of nitrogens with zero attached hydrogens (tertiary/aromatic N) is 3. The molecule has 0 amide bonds. The van der Waals surface area contributed by atoms with Crippen LogP contribution in [-0.4, -0.2) is 43.6 Å². The van der Waals surface area contributed by atoms with Gasteiger partial charge in [0, 0.05) is 17.1 Å². The van der Waals surface area contributed by atoms with Crippen molar-refractivity contribution >= 4 is 29.1 Å². The lowest BCUT2D eigenvalue weighted by molar-refractivity contribution is -0.133. The van der Waals surface area contributed by atoms with Crippen LogP contribution in [0, 0.1) is 0 Å². The molecule has 0 saturated carbocycles. The van der Waals surface area contributed by atoms with Crippen LogP contribution < -0.4 is 14.5 Å². The molecule has 0 radical (unpaired) electrons. The number of esters is 1. The third-order valence-electron chi connectivity index (χ3n) is 5.71. The summed E-state index contributed by atoms with van der Waals surface area (Å²) in [6.07, 6.45) is 0.738. The van der Waals surface area contributed by atoms with Crippen LogP contribution in [0.1, 0.15) is 31.9 Å². The molecule has 2 aromatic rings. The standard InChI is InChI=1S/C23H26ClN3O4/c1-5-30-19-13-15-11-12-26-21(22(28)29-4)25-27(17-9-7-16(24)8-10-17)23(26,3)18(15)14-20(19)31-6-2/h7-10,13-14H,5-6,11-12H2,1-4H3/t23-/m0/s1. The number of hydrogen-bond acceptors (Lipinski definition) is 7. The van der Waals surface area contributed by atoms with E-state index in [4.69, 9.17) is 30.9 Å². The van der Waals surface area contributed by atoms with E-state index in [2.05, 4.69) is 6.92 Å². The highest BCUT2D eigenvalue weighted by Crippen LogP contribution is 2.48. The first-order valence-corrected chi connectivity index (χ1v) is 10.7. The van der Waals surface area contributed by atoms with Crippen LogP contribution >= 0.6 is 11.6 Å². The molecule has 2 aromatic carbocycles. The van der Waals surface area contributed by atoms with Crippen molar-refractivity contribution in [2.75, 3.05) is 31.9 Å². The average molecular weight is 444 g/mol. The van der Waals surface area contributed by atoms with Gasteiger partial charge >= 0.3 is 5.97 Å². The first-order chi connectivity index (χ1) is 14.9. The Labute approximate surface area is 187 Å². The van der Waals surface area contributed by atoms with Gasteiger partial charge in [-0.3, -0.25) is 0 Å². The van der Waals surface area contributed by atoms with E-state index in [0.717, 1.165) is 29.0 Å². The maximum atomic E-state index is 12.6. The SMILES string of the molecule is CCOc1cc2c(cc1OCC)[C@@]1(C)N(CC2)C(C(=O)OC)=NN1c1ccc(Cl)cc1. The molecule has 8 heteroatoms. The van der Waals surface area contributed by atoms with Crippen LogP contribution in [-0.2, 0) is 21.6 Å². The molecule has 7 nitrogen and oxygen atoms in total. The highest BCUT2D eigenvalue weighted by Gasteiger charge is 2.52. The third kappa shape index (κ3) is 3.47. The zero-order valence-electron chi connectivity index (χ0n) is 18.1. The number of fused-ring (bicyclic) bond motifs is 3. The van der Waals surface area contributed by atoms with Gasteiger partial charge in [-0.2, -0.15) is 0 Å². The Morgan fingerprint density at radius 1 is 1.13 bits per heavy atom. The summed E-state index contributed by atoms with van der Waals surface area (Å²) in [5.41, 5.74) is 2.20. The zero-order valence-corrected chi connectivity index (χ0v) is 18.9. The molecule has 31 heavy (non-hydrogen) atoms. The van der Waals surface area contributed by atoms with E-state index in [0.29, 0.717) is 30.5 Å². The number of carbonyl (C=O) groups is 1. The molecular weight excluding hydrogens is 418 g/mol. The van der Waals surface area contributed by atoms with Gasteiger partial charge in [0.1, 0.15) is 0 Å². The molecule has 0 spiro atoms. The minimum Gasteiger partial charge on any atom is -0.490 e.